The second-order valence-electron chi connectivity index (χ2n) is 8.88. The van der Waals surface area contributed by atoms with E-state index in [1.807, 2.05) is 27.7 Å². The third-order valence-corrected chi connectivity index (χ3v) is 5.61. The van der Waals surface area contributed by atoms with Gasteiger partial charge < -0.3 is 16.0 Å². The van der Waals surface area contributed by atoms with E-state index < -0.39 is 6.04 Å². The molecule has 6 nitrogen and oxygen atoms in total. The average Bonchev–Trinajstić information content (AvgIpc) is 2.67. The third-order valence-electron chi connectivity index (χ3n) is 5.28. The molecule has 3 N–H and O–H groups in total. The van der Waals surface area contributed by atoms with Crippen molar-refractivity contribution in [3.63, 3.8) is 0 Å². The molecule has 2 rings (SSSR count). The van der Waals surface area contributed by atoms with Gasteiger partial charge in [0.15, 0.2) is 0 Å². The molecule has 166 valence electrons. The maximum Gasteiger partial charge on any atom is 0.253 e. The molecule has 1 aliphatic rings. The van der Waals surface area contributed by atoms with E-state index in [0.717, 1.165) is 25.7 Å². The molecule has 1 unspecified atom stereocenters. The van der Waals surface area contributed by atoms with Gasteiger partial charge in [0.25, 0.3) is 5.91 Å². The SMILES string of the molecule is CC(C)CC(=O)NC(C(=O)Nc1ccc(Cl)c(C(=O)NC2CCCCC2)c1)C(C)C. The first-order chi connectivity index (χ1) is 14.2. The molecule has 1 aromatic rings. The summed E-state index contributed by atoms with van der Waals surface area (Å²) in [6, 6.07) is 4.36. The highest BCUT2D eigenvalue weighted by atomic mass is 35.5. The van der Waals surface area contributed by atoms with E-state index in [-0.39, 0.29) is 35.6 Å². The van der Waals surface area contributed by atoms with Crippen molar-refractivity contribution < 1.29 is 14.4 Å². The minimum Gasteiger partial charge on any atom is -0.349 e. The van der Waals surface area contributed by atoms with Gasteiger partial charge >= 0.3 is 0 Å². The Morgan fingerprint density at radius 2 is 1.73 bits per heavy atom. The van der Waals surface area contributed by atoms with Crippen LogP contribution in [0.5, 0.6) is 0 Å². The molecule has 1 atom stereocenters. The number of carbonyl (C=O) groups excluding carboxylic acids is 3. The minimum atomic E-state index is -0.661. The van der Waals surface area contributed by atoms with Gasteiger partial charge in [-0.05, 0) is 42.9 Å². The Bertz CT molecular complexity index is 758. The Hall–Kier alpha value is -2.08. The predicted molar refractivity (Wildman–Crippen MR) is 121 cm³/mol. The lowest BCUT2D eigenvalue weighted by molar-refractivity contribution is -0.127. The number of hydrogen-bond donors (Lipinski definition) is 3. The predicted octanol–water partition coefficient (Wildman–Crippen LogP) is 4.53. The summed E-state index contributed by atoms with van der Waals surface area (Å²) < 4.78 is 0. The summed E-state index contributed by atoms with van der Waals surface area (Å²) in [5.41, 5.74) is 0.812. The van der Waals surface area contributed by atoms with Gasteiger partial charge in [0.2, 0.25) is 11.8 Å². The number of anilines is 1. The molecule has 1 saturated carbocycles. The van der Waals surface area contributed by atoms with Crippen LogP contribution in [-0.4, -0.2) is 29.8 Å². The smallest absolute Gasteiger partial charge is 0.253 e. The third kappa shape index (κ3) is 7.31. The van der Waals surface area contributed by atoms with E-state index >= 15 is 0 Å². The second kappa shape index (κ2) is 11.3. The van der Waals surface area contributed by atoms with Gasteiger partial charge in [0.1, 0.15) is 6.04 Å². The monoisotopic (exact) mass is 435 g/mol. The summed E-state index contributed by atoms with van der Waals surface area (Å²) in [6.07, 6.45) is 5.77. The summed E-state index contributed by atoms with van der Waals surface area (Å²) >= 11 is 6.25. The number of carbonyl (C=O) groups is 3. The van der Waals surface area contributed by atoms with Crippen LogP contribution in [0.4, 0.5) is 5.69 Å². The van der Waals surface area contributed by atoms with Crippen LogP contribution < -0.4 is 16.0 Å². The Morgan fingerprint density at radius 1 is 1.07 bits per heavy atom. The van der Waals surface area contributed by atoms with Crippen molar-refractivity contribution in [2.45, 2.75) is 78.3 Å². The van der Waals surface area contributed by atoms with Crippen LogP contribution in [0.2, 0.25) is 5.02 Å². The lowest BCUT2D eigenvalue weighted by Crippen LogP contribution is -2.47. The molecule has 0 radical (unpaired) electrons. The number of hydrogen-bond acceptors (Lipinski definition) is 3. The normalized spacial score (nSPS) is 15.7. The fourth-order valence-corrected chi connectivity index (χ4v) is 3.85. The first-order valence-electron chi connectivity index (χ1n) is 10.9. The van der Waals surface area contributed by atoms with Crippen molar-refractivity contribution >= 4 is 35.0 Å². The zero-order chi connectivity index (χ0) is 22.3. The first-order valence-corrected chi connectivity index (χ1v) is 11.3. The fourth-order valence-electron chi connectivity index (χ4n) is 3.65. The van der Waals surface area contributed by atoms with E-state index in [2.05, 4.69) is 16.0 Å². The van der Waals surface area contributed by atoms with Crippen molar-refractivity contribution in [3.05, 3.63) is 28.8 Å². The van der Waals surface area contributed by atoms with Crippen LogP contribution >= 0.6 is 11.6 Å². The maximum atomic E-state index is 12.8. The number of halogens is 1. The molecule has 1 fully saturated rings. The van der Waals surface area contributed by atoms with Crippen molar-refractivity contribution in [2.75, 3.05) is 5.32 Å². The van der Waals surface area contributed by atoms with E-state index in [1.165, 1.54) is 6.42 Å². The van der Waals surface area contributed by atoms with Crippen LogP contribution in [0, 0.1) is 11.8 Å². The standard InChI is InChI=1S/C23H34ClN3O3/c1-14(2)12-20(28)27-21(15(3)4)23(30)26-17-10-11-19(24)18(13-17)22(29)25-16-8-6-5-7-9-16/h10-11,13-16,21H,5-9,12H2,1-4H3,(H,25,29)(H,26,30)(H,27,28). The zero-order valence-corrected chi connectivity index (χ0v) is 19.1. The highest BCUT2D eigenvalue weighted by Gasteiger charge is 2.25. The van der Waals surface area contributed by atoms with Gasteiger partial charge in [-0.25, -0.2) is 0 Å². The lowest BCUT2D eigenvalue weighted by atomic mass is 9.95. The number of benzene rings is 1. The van der Waals surface area contributed by atoms with E-state index in [0.29, 0.717) is 22.7 Å². The summed E-state index contributed by atoms with van der Waals surface area (Å²) in [5.74, 6) is -0.566. The molecule has 1 aromatic carbocycles. The van der Waals surface area contributed by atoms with Crippen molar-refractivity contribution in [1.82, 2.24) is 10.6 Å². The van der Waals surface area contributed by atoms with E-state index in [9.17, 15) is 14.4 Å². The number of nitrogens with one attached hydrogen (secondary N) is 3. The largest absolute Gasteiger partial charge is 0.349 e. The molecule has 0 aromatic heterocycles. The molecule has 0 heterocycles. The number of amides is 3. The van der Waals surface area contributed by atoms with Crippen molar-refractivity contribution in [1.29, 1.82) is 0 Å². The first kappa shape index (κ1) is 24.2. The van der Waals surface area contributed by atoms with Crippen LogP contribution in [0.25, 0.3) is 0 Å². The molecule has 1 aliphatic carbocycles. The van der Waals surface area contributed by atoms with Gasteiger partial charge in [-0.15, -0.1) is 0 Å². The molecule has 7 heteroatoms. The quantitative estimate of drug-likeness (QED) is 0.560. The Morgan fingerprint density at radius 3 is 2.33 bits per heavy atom. The highest BCUT2D eigenvalue weighted by Crippen LogP contribution is 2.23. The molecule has 0 spiro atoms. The van der Waals surface area contributed by atoms with Crippen LogP contribution in [0.3, 0.4) is 0 Å². The summed E-state index contributed by atoms with van der Waals surface area (Å²) in [5, 5.41) is 9.02. The van der Waals surface area contributed by atoms with Gasteiger partial charge in [-0.2, -0.15) is 0 Å². The Labute approximate surface area is 184 Å². The van der Waals surface area contributed by atoms with Crippen molar-refractivity contribution in [2.24, 2.45) is 11.8 Å². The van der Waals surface area contributed by atoms with E-state index in [4.69, 9.17) is 11.6 Å². The molecule has 3 amide bonds. The van der Waals surface area contributed by atoms with Gasteiger partial charge in [-0.1, -0.05) is 58.6 Å². The van der Waals surface area contributed by atoms with Gasteiger partial charge in [0.05, 0.1) is 10.6 Å². The molecule has 0 bridgehead atoms. The topological polar surface area (TPSA) is 87.3 Å². The zero-order valence-electron chi connectivity index (χ0n) is 18.4. The highest BCUT2D eigenvalue weighted by molar-refractivity contribution is 6.34. The molecular weight excluding hydrogens is 402 g/mol. The number of rotatable bonds is 8. The van der Waals surface area contributed by atoms with Gasteiger partial charge in [-0.3, -0.25) is 14.4 Å². The molecular formula is C23H34ClN3O3. The van der Waals surface area contributed by atoms with Gasteiger partial charge in [0, 0.05) is 18.2 Å². The summed E-state index contributed by atoms with van der Waals surface area (Å²) in [4.78, 5) is 37.6. The Balaban J connectivity index is 2.07. The van der Waals surface area contributed by atoms with Crippen LogP contribution in [0.15, 0.2) is 18.2 Å². The molecule has 0 aliphatic heterocycles. The van der Waals surface area contributed by atoms with Crippen LogP contribution in [-0.2, 0) is 9.59 Å². The lowest BCUT2D eigenvalue weighted by Gasteiger charge is -2.23. The average molecular weight is 436 g/mol. The van der Waals surface area contributed by atoms with Crippen LogP contribution in [0.1, 0.15) is 76.6 Å². The Kier molecular flexibility index (Phi) is 9.15. The fraction of sp³-hybridized carbons (Fsp3) is 0.609. The molecule has 0 saturated heterocycles. The molecule has 30 heavy (non-hydrogen) atoms. The summed E-state index contributed by atoms with van der Waals surface area (Å²) in [6.45, 7) is 7.67. The minimum absolute atomic E-state index is 0.0810. The maximum absolute atomic E-state index is 12.8. The van der Waals surface area contributed by atoms with Crippen molar-refractivity contribution in [3.8, 4) is 0 Å². The second-order valence-corrected chi connectivity index (χ2v) is 9.29. The summed E-state index contributed by atoms with van der Waals surface area (Å²) in [7, 11) is 0. The van der Waals surface area contributed by atoms with E-state index in [1.54, 1.807) is 18.2 Å².